The van der Waals surface area contributed by atoms with Gasteiger partial charge in [0.25, 0.3) is 0 Å². The van der Waals surface area contributed by atoms with E-state index in [9.17, 15) is 31.1 Å². The van der Waals surface area contributed by atoms with Crippen LogP contribution < -0.4 is 5.73 Å². The molecule has 0 saturated heterocycles. The molecular formula is C20H17F6N3O. The Morgan fingerprint density at radius 1 is 0.967 bits per heavy atom. The fourth-order valence-electron chi connectivity index (χ4n) is 3.50. The zero-order valence-corrected chi connectivity index (χ0v) is 15.8. The van der Waals surface area contributed by atoms with Crippen molar-refractivity contribution in [1.82, 2.24) is 4.90 Å². The molecule has 0 unspecified atom stereocenters. The van der Waals surface area contributed by atoms with E-state index in [4.69, 9.17) is 5.73 Å². The number of hydrogen-bond acceptors (Lipinski definition) is 3. The first-order valence-electron chi connectivity index (χ1n) is 8.73. The molecule has 0 aliphatic carbocycles. The molecule has 0 saturated carbocycles. The Kier molecular flexibility index (Phi) is 5.08. The lowest BCUT2D eigenvalue weighted by atomic mass is 9.74. The van der Waals surface area contributed by atoms with Gasteiger partial charge in [-0.25, -0.2) is 4.99 Å². The minimum atomic E-state index is -4.62. The summed E-state index contributed by atoms with van der Waals surface area (Å²) < 4.78 is 78.3. The van der Waals surface area contributed by atoms with Crippen LogP contribution in [0, 0.1) is 0 Å². The average Bonchev–Trinajstić information content (AvgIpc) is 2.65. The molecule has 0 radical (unpaired) electrons. The van der Waals surface area contributed by atoms with Crippen molar-refractivity contribution in [2.45, 2.75) is 30.7 Å². The molecule has 0 aromatic heterocycles. The number of guanidine groups is 1. The van der Waals surface area contributed by atoms with Crippen LogP contribution in [0.5, 0.6) is 0 Å². The Hall–Kier alpha value is -3.04. The second-order valence-electron chi connectivity index (χ2n) is 7.15. The molecule has 1 aliphatic heterocycles. The molecule has 0 fully saturated rings. The average molecular weight is 429 g/mol. The van der Waals surface area contributed by atoms with Crippen molar-refractivity contribution in [3.05, 3.63) is 70.8 Å². The second kappa shape index (κ2) is 7.03. The van der Waals surface area contributed by atoms with Gasteiger partial charge in [-0.2, -0.15) is 26.3 Å². The lowest BCUT2D eigenvalue weighted by molar-refractivity contribution is -0.138. The van der Waals surface area contributed by atoms with Crippen molar-refractivity contribution >= 4 is 11.9 Å². The van der Waals surface area contributed by atoms with Crippen LogP contribution in [0.4, 0.5) is 26.3 Å². The van der Waals surface area contributed by atoms with Crippen molar-refractivity contribution < 1.29 is 31.1 Å². The van der Waals surface area contributed by atoms with E-state index in [-0.39, 0.29) is 17.1 Å². The number of nitrogens with zero attached hydrogens (tertiary/aromatic N) is 2. The van der Waals surface area contributed by atoms with Gasteiger partial charge in [0.1, 0.15) is 5.54 Å². The van der Waals surface area contributed by atoms with Gasteiger partial charge in [0.05, 0.1) is 17.0 Å². The predicted molar refractivity (Wildman–Crippen MR) is 97.4 cm³/mol. The minimum Gasteiger partial charge on any atom is -0.369 e. The summed E-state index contributed by atoms with van der Waals surface area (Å²) in [5.74, 6) is -1.98. The maximum Gasteiger partial charge on any atom is 0.416 e. The van der Waals surface area contributed by atoms with Gasteiger partial charge < -0.3 is 5.73 Å². The molecule has 2 atom stereocenters. The van der Waals surface area contributed by atoms with Crippen LogP contribution in [-0.4, -0.2) is 23.8 Å². The quantitative estimate of drug-likeness (QED) is 0.715. The van der Waals surface area contributed by atoms with Gasteiger partial charge in [-0.15, -0.1) is 0 Å². The molecule has 10 heteroatoms. The van der Waals surface area contributed by atoms with Gasteiger partial charge in [-0.3, -0.25) is 9.69 Å². The highest BCUT2D eigenvalue weighted by Crippen LogP contribution is 2.45. The number of hydrogen-bond donors (Lipinski definition) is 1. The smallest absolute Gasteiger partial charge is 0.369 e. The largest absolute Gasteiger partial charge is 0.416 e. The van der Waals surface area contributed by atoms with Gasteiger partial charge >= 0.3 is 12.4 Å². The van der Waals surface area contributed by atoms with E-state index in [0.717, 1.165) is 41.3 Å². The number of likely N-dealkylation sites (N-methyl/N-ethyl adjacent to an activating group) is 1. The Bertz CT molecular complexity index is 997. The molecule has 1 amide bonds. The maximum absolute atomic E-state index is 13.2. The number of carbonyl (C=O) groups is 1. The summed E-state index contributed by atoms with van der Waals surface area (Å²) in [7, 11) is 1.34. The van der Waals surface area contributed by atoms with E-state index >= 15 is 0 Å². The zero-order chi connectivity index (χ0) is 22.5. The second-order valence-corrected chi connectivity index (χ2v) is 7.15. The highest BCUT2D eigenvalue weighted by atomic mass is 19.4. The highest BCUT2D eigenvalue weighted by Gasteiger charge is 2.48. The van der Waals surface area contributed by atoms with Gasteiger partial charge in [-0.1, -0.05) is 24.3 Å². The van der Waals surface area contributed by atoms with Crippen LogP contribution in [0.2, 0.25) is 0 Å². The highest BCUT2D eigenvalue weighted by molar-refractivity contribution is 6.02. The van der Waals surface area contributed by atoms with E-state index in [1.165, 1.54) is 26.1 Å². The standard InChI is InChI=1S/C20H17F6N3O/c1-18(13-4-3-5-14(10-13)20(24,25)26)15(16(30)29(2)17(27)28-18)11-6-8-12(9-7-11)19(21,22)23/h3-10,15H,1-2H3,(H2,27,28)/t15-,18-/m1/s1. The fourth-order valence-corrected chi connectivity index (χ4v) is 3.50. The van der Waals surface area contributed by atoms with Gasteiger partial charge in [0.15, 0.2) is 5.96 Å². The van der Waals surface area contributed by atoms with E-state index in [2.05, 4.69) is 4.99 Å². The Morgan fingerprint density at radius 2 is 1.53 bits per heavy atom. The Morgan fingerprint density at radius 3 is 2.07 bits per heavy atom. The van der Waals surface area contributed by atoms with Crippen LogP contribution in [0.1, 0.15) is 35.1 Å². The molecule has 0 bridgehead atoms. The van der Waals surface area contributed by atoms with Crippen LogP contribution in [0.3, 0.4) is 0 Å². The molecule has 2 N–H and O–H groups in total. The van der Waals surface area contributed by atoms with E-state index < -0.39 is 40.8 Å². The summed E-state index contributed by atoms with van der Waals surface area (Å²) in [5, 5.41) is 0. The Labute approximate surface area is 168 Å². The number of nitrogens with two attached hydrogens (primary N) is 1. The van der Waals surface area contributed by atoms with E-state index in [1.807, 2.05) is 0 Å². The van der Waals surface area contributed by atoms with Crippen molar-refractivity contribution in [2.24, 2.45) is 10.7 Å². The lowest BCUT2D eigenvalue weighted by Crippen LogP contribution is -2.52. The van der Waals surface area contributed by atoms with Crippen LogP contribution in [-0.2, 0) is 22.7 Å². The number of benzene rings is 2. The lowest BCUT2D eigenvalue weighted by Gasteiger charge is -2.41. The molecule has 2 aromatic carbocycles. The number of halogens is 6. The molecule has 160 valence electrons. The van der Waals surface area contributed by atoms with Crippen molar-refractivity contribution in [2.75, 3.05) is 7.05 Å². The molecule has 3 rings (SSSR count). The summed E-state index contributed by atoms with van der Waals surface area (Å²) in [6.45, 7) is 1.43. The number of amides is 1. The van der Waals surface area contributed by atoms with Gasteiger partial charge in [-0.05, 0) is 42.3 Å². The van der Waals surface area contributed by atoms with E-state index in [0.29, 0.717) is 0 Å². The van der Waals surface area contributed by atoms with Gasteiger partial charge in [0, 0.05) is 7.05 Å². The first-order chi connectivity index (χ1) is 13.7. The fraction of sp³-hybridized carbons (Fsp3) is 0.300. The zero-order valence-electron chi connectivity index (χ0n) is 15.8. The van der Waals surface area contributed by atoms with Crippen molar-refractivity contribution in [3.63, 3.8) is 0 Å². The minimum absolute atomic E-state index is 0.0617. The first-order valence-corrected chi connectivity index (χ1v) is 8.73. The predicted octanol–water partition coefficient (Wildman–Crippen LogP) is 4.51. The van der Waals surface area contributed by atoms with Crippen molar-refractivity contribution in [3.8, 4) is 0 Å². The molecule has 30 heavy (non-hydrogen) atoms. The molecular weight excluding hydrogens is 412 g/mol. The number of aliphatic imine (C=N–C) groups is 1. The summed E-state index contributed by atoms with van der Waals surface area (Å²) in [6.07, 6.45) is -9.19. The molecule has 2 aromatic rings. The summed E-state index contributed by atoms with van der Waals surface area (Å²) in [6, 6.07) is 8.19. The maximum atomic E-state index is 13.2. The summed E-state index contributed by atoms with van der Waals surface area (Å²) in [4.78, 5) is 18.3. The van der Waals surface area contributed by atoms with Gasteiger partial charge in [0.2, 0.25) is 5.91 Å². The van der Waals surface area contributed by atoms with Crippen molar-refractivity contribution in [1.29, 1.82) is 0 Å². The monoisotopic (exact) mass is 429 g/mol. The third kappa shape index (κ3) is 3.73. The third-order valence-corrected chi connectivity index (χ3v) is 5.18. The number of carbonyl (C=O) groups excluding carboxylic acids is 1. The van der Waals surface area contributed by atoms with Crippen LogP contribution in [0.25, 0.3) is 0 Å². The van der Waals surface area contributed by atoms with E-state index in [1.54, 1.807) is 0 Å². The molecule has 1 heterocycles. The number of rotatable bonds is 2. The first kappa shape index (κ1) is 21.7. The molecule has 1 aliphatic rings. The van der Waals surface area contributed by atoms with Crippen LogP contribution >= 0.6 is 0 Å². The summed E-state index contributed by atoms with van der Waals surface area (Å²) in [5.41, 5.74) is 2.64. The normalized spacial score (nSPS) is 22.8. The third-order valence-electron chi connectivity index (χ3n) is 5.18. The van der Waals surface area contributed by atoms with Crippen LogP contribution in [0.15, 0.2) is 53.5 Å². The Balaban J connectivity index is 2.18. The SMILES string of the molecule is CN1C(=O)[C@@H](c2ccc(C(F)(F)F)cc2)[C@@](C)(c2cccc(C(F)(F)F)c2)N=C1N. The number of alkyl halides is 6. The molecule has 4 nitrogen and oxygen atoms in total. The summed E-state index contributed by atoms with van der Waals surface area (Å²) >= 11 is 0. The molecule has 0 spiro atoms. The topological polar surface area (TPSA) is 58.7 Å².